The summed E-state index contributed by atoms with van der Waals surface area (Å²) in [4.78, 5) is 16.9. The Kier molecular flexibility index (Phi) is 6.22. The van der Waals surface area contributed by atoms with Crippen LogP contribution in [-0.4, -0.2) is 54.4 Å². The fraction of sp³-hybridized carbons (Fsp3) is 0.364. The Labute approximate surface area is 187 Å². The van der Waals surface area contributed by atoms with Gasteiger partial charge >= 0.3 is 0 Å². The molecule has 168 valence electrons. The number of aromatic nitrogens is 4. The molecule has 0 aliphatic carbocycles. The van der Waals surface area contributed by atoms with Gasteiger partial charge in [-0.2, -0.15) is 0 Å². The third-order valence-electron chi connectivity index (χ3n) is 5.50. The van der Waals surface area contributed by atoms with Crippen LogP contribution >= 0.6 is 0 Å². The maximum atomic E-state index is 11.6. The van der Waals surface area contributed by atoms with E-state index in [0.29, 0.717) is 42.7 Å². The minimum Gasteiger partial charge on any atom is -0.484 e. The third-order valence-corrected chi connectivity index (χ3v) is 6.50. The Morgan fingerprint density at radius 3 is 2.62 bits per heavy atom. The van der Waals surface area contributed by atoms with Crippen molar-refractivity contribution in [3.8, 4) is 22.9 Å². The first-order valence-electron chi connectivity index (χ1n) is 10.3. The summed E-state index contributed by atoms with van der Waals surface area (Å²) in [7, 11) is -3.34. The van der Waals surface area contributed by atoms with E-state index >= 15 is 0 Å². The molecule has 32 heavy (non-hydrogen) atoms. The van der Waals surface area contributed by atoms with E-state index < -0.39 is 9.84 Å². The van der Waals surface area contributed by atoms with Crippen molar-refractivity contribution in [2.24, 2.45) is 5.92 Å². The highest BCUT2D eigenvalue weighted by Crippen LogP contribution is 2.38. The number of fused-ring (bicyclic) bond motifs is 1. The number of hydrogen-bond donors (Lipinski definition) is 1. The summed E-state index contributed by atoms with van der Waals surface area (Å²) in [5.41, 5.74) is 2.44. The van der Waals surface area contributed by atoms with Gasteiger partial charge in [0.25, 0.3) is 5.88 Å². The molecule has 0 saturated heterocycles. The number of nitrogens with zero attached hydrogens (tertiary/aromatic N) is 4. The highest BCUT2D eigenvalue weighted by Gasteiger charge is 2.24. The Bertz CT molecular complexity index is 1200. The molecule has 0 spiro atoms. The lowest BCUT2D eigenvalue weighted by Gasteiger charge is -2.26. The van der Waals surface area contributed by atoms with Crippen LogP contribution < -0.4 is 14.8 Å². The molecule has 3 aromatic heterocycles. The number of nitrogens with one attached hydrogen (secondary N) is 1. The van der Waals surface area contributed by atoms with Gasteiger partial charge in [0.2, 0.25) is 0 Å². The van der Waals surface area contributed by atoms with Gasteiger partial charge in [-0.05, 0) is 30.0 Å². The number of anilines is 1. The summed E-state index contributed by atoms with van der Waals surface area (Å²) in [6.45, 7) is 6.03. The maximum absolute atomic E-state index is 11.6. The van der Waals surface area contributed by atoms with Crippen LogP contribution in [0.1, 0.15) is 25.3 Å². The summed E-state index contributed by atoms with van der Waals surface area (Å²) < 4.78 is 34.6. The van der Waals surface area contributed by atoms with Crippen molar-refractivity contribution in [1.82, 2.24) is 19.9 Å². The van der Waals surface area contributed by atoms with Gasteiger partial charge < -0.3 is 14.8 Å². The molecule has 10 heteroatoms. The van der Waals surface area contributed by atoms with Crippen molar-refractivity contribution >= 4 is 15.7 Å². The minimum atomic E-state index is -3.34. The number of hydrogen-bond acceptors (Lipinski definition) is 9. The van der Waals surface area contributed by atoms with E-state index in [1.165, 1.54) is 18.6 Å². The molecule has 4 heterocycles. The topological polar surface area (TPSA) is 116 Å². The largest absolute Gasteiger partial charge is 0.484 e. The van der Waals surface area contributed by atoms with Crippen molar-refractivity contribution in [3.63, 3.8) is 0 Å². The lowest BCUT2D eigenvalue weighted by atomic mass is 9.88. The monoisotopic (exact) mass is 455 g/mol. The quantitative estimate of drug-likeness (QED) is 0.574. The molecule has 9 nitrogen and oxygen atoms in total. The van der Waals surface area contributed by atoms with E-state index in [9.17, 15) is 8.42 Å². The minimum absolute atomic E-state index is 0.0316. The molecule has 4 rings (SSSR count). The van der Waals surface area contributed by atoms with Crippen LogP contribution in [0.3, 0.4) is 0 Å². The fourth-order valence-electron chi connectivity index (χ4n) is 3.44. The van der Waals surface area contributed by atoms with Crippen LogP contribution in [0.25, 0.3) is 11.3 Å². The Balaban J connectivity index is 1.44. The van der Waals surface area contributed by atoms with Crippen molar-refractivity contribution in [2.45, 2.75) is 24.8 Å². The number of pyridine rings is 2. The molecule has 0 fully saturated rings. The van der Waals surface area contributed by atoms with Crippen molar-refractivity contribution in [1.29, 1.82) is 0 Å². The van der Waals surface area contributed by atoms with Crippen LogP contribution in [0.5, 0.6) is 11.6 Å². The molecule has 1 aliphatic heterocycles. The Morgan fingerprint density at radius 1 is 1.06 bits per heavy atom. The first-order valence-corrected chi connectivity index (χ1v) is 12.2. The van der Waals surface area contributed by atoms with Gasteiger partial charge in [0.1, 0.15) is 25.4 Å². The predicted molar refractivity (Wildman–Crippen MR) is 120 cm³/mol. The van der Waals surface area contributed by atoms with Gasteiger partial charge in [-0.1, -0.05) is 13.8 Å². The smallest absolute Gasteiger partial charge is 0.257 e. The second-order valence-electron chi connectivity index (χ2n) is 7.82. The van der Waals surface area contributed by atoms with E-state index in [4.69, 9.17) is 9.47 Å². The van der Waals surface area contributed by atoms with Gasteiger partial charge in [0.05, 0.1) is 5.69 Å². The van der Waals surface area contributed by atoms with Gasteiger partial charge in [-0.3, -0.25) is 0 Å². The second-order valence-corrected chi connectivity index (χ2v) is 9.79. The standard InChI is InChI=1S/C22H25N5O4S/c1-14(15(2)17-6-7-23-22-21(17)30-8-9-31-22)11-24-19-10-18(26-13-27-19)16-4-5-20(25-12-16)32(3,28)29/h4-7,10,12-15H,8-9,11H2,1-3H3,(H,24,26,27). The molecule has 2 atom stereocenters. The molecular formula is C22H25N5O4S. The molecule has 1 N–H and O–H groups in total. The summed E-state index contributed by atoms with van der Waals surface area (Å²) >= 11 is 0. The molecule has 0 saturated carbocycles. The van der Waals surface area contributed by atoms with Gasteiger partial charge in [-0.15, -0.1) is 0 Å². The highest BCUT2D eigenvalue weighted by molar-refractivity contribution is 7.90. The van der Waals surface area contributed by atoms with Gasteiger partial charge in [0, 0.05) is 42.4 Å². The maximum Gasteiger partial charge on any atom is 0.257 e. The van der Waals surface area contributed by atoms with Crippen LogP contribution in [0.4, 0.5) is 5.82 Å². The van der Waals surface area contributed by atoms with Crippen molar-refractivity contribution in [2.75, 3.05) is 31.3 Å². The van der Waals surface area contributed by atoms with Crippen LogP contribution in [0.15, 0.2) is 48.0 Å². The lowest BCUT2D eigenvalue weighted by Crippen LogP contribution is -2.21. The summed E-state index contributed by atoms with van der Waals surface area (Å²) in [5.74, 6) is 2.43. The zero-order valence-electron chi connectivity index (χ0n) is 18.1. The number of ether oxygens (including phenoxy) is 2. The lowest BCUT2D eigenvalue weighted by molar-refractivity contribution is 0.161. The van der Waals surface area contributed by atoms with Crippen LogP contribution in [-0.2, 0) is 9.84 Å². The number of rotatable bonds is 7. The summed E-state index contributed by atoms with van der Waals surface area (Å²) in [6.07, 6.45) is 5.85. The average molecular weight is 456 g/mol. The number of sulfone groups is 1. The Hall–Kier alpha value is -3.27. The molecule has 0 amide bonds. The van der Waals surface area contributed by atoms with E-state index in [0.717, 1.165) is 17.6 Å². The molecule has 1 aliphatic rings. The van der Waals surface area contributed by atoms with E-state index in [2.05, 4.69) is 39.1 Å². The third kappa shape index (κ3) is 4.80. The fourth-order valence-corrected chi connectivity index (χ4v) is 4.00. The molecule has 0 aromatic carbocycles. The van der Waals surface area contributed by atoms with Crippen molar-refractivity contribution in [3.05, 3.63) is 48.5 Å². The zero-order chi connectivity index (χ0) is 22.7. The zero-order valence-corrected chi connectivity index (χ0v) is 19.0. The predicted octanol–water partition coefficient (Wildman–Crippen LogP) is 2.96. The Morgan fingerprint density at radius 2 is 1.88 bits per heavy atom. The second kappa shape index (κ2) is 9.07. The van der Waals surface area contributed by atoms with Gasteiger partial charge in [-0.25, -0.2) is 28.4 Å². The first kappa shape index (κ1) is 21.9. The molecule has 2 unspecified atom stereocenters. The summed E-state index contributed by atoms with van der Waals surface area (Å²) in [5, 5.41) is 3.40. The van der Waals surface area contributed by atoms with Crippen LogP contribution in [0, 0.1) is 5.92 Å². The normalized spacial score (nSPS) is 15.1. The summed E-state index contributed by atoms with van der Waals surface area (Å²) in [6, 6.07) is 6.96. The van der Waals surface area contributed by atoms with E-state index in [-0.39, 0.29) is 16.9 Å². The SMILES string of the molecule is CC(CNc1cc(-c2ccc(S(C)(=O)=O)nc2)ncn1)C(C)c1ccnc2c1OCCO2. The first-order chi connectivity index (χ1) is 15.3. The van der Waals surface area contributed by atoms with Crippen molar-refractivity contribution < 1.29 is 17.9 Å². The van der Waals surface area contributed by atoms with Gasteiger partial charge in [0.15, 0.2) is 20.6 Å². The van der Waals surface area contributed by atoms with Crippen LogP contribution in [0.2, 0.25) is 0 Å². The van der Waals surface area contributed by atoms with E-state index in [1.54, 1.807) is 12.3 Å². The molecule has 0 radical (unpaired) electrons. The highest BCUT2D eigenvalue weighted by atomic mass is 32.2. The average Bonchev–Trinajstić information content (AvgIpc) is 2.81. The molecular weight excluding hydrogens is 430 g/mol. The molecule has 0 bridgehead atoms. The molecule has 3 aromatic rings. The van der Waals surface area contributed by atoms with E-state index in [1.807, 2.05) is 12.1 Å².